The summed E-state index contributed by atoms with van der Waals surface area (Å²) in [7, 11) is 0. The number of ether oxygens (including phenoxy) is 2. The average molecular weight is 220 g/mol. The summed E-state index contributed by atoms with van der Waals surface area (Å²) in [6.07, 6.45) is 0. The van der Waals surface area contributed by atoms with Crippen LogP contribution in [0.1, 0.15) is 13.8 Å². The van der Waals surface area contributed by atoms with E-state index in [1.165, 1.54) is 13.8 Å². The van der Waals surface area contributed by atoms with Crippen molar-refractivity contribution in [3.05, 3.63) is 0 Å². The van der Waals surface area contributed by atoms with Crippen molar-refractivity contribution in [1.29, 1.82) is 0 Å². The van der Waals surface area contributed by atoms with Gasteiger partial charge in [0.2, 0.25) is 0 Å². The van der Waals surface area contributed by atoms with Crippen LogP contribution >= 0.6 is 0 Å². The molecule has 0 aromatic rings. The van der Waals surface area contributed by atoms with E-state index in [1.807, 2.05) is 0 Å². The molecule has 0 radical (unpaired) electrons. The van der Waals surface area contributed by atoms with Gasteiger partial charge in [0.15, 0.2) is 0 Å². The molecule has 7 nitrogen and oxygen atoms in total. The van der Waals surface area contributed by atoms with Crippen LogP contribution in [-0.4, -0.2) is 46.9 Å². The van der Waals surface area contributed by atoms with Gasteiger partial charge in [0.1, 0.15) is 0 Å². The van der Waals surface area contributed by atoms with Gasteiger partial charge in [-0.25, -0.2) is 14.4 Å². The number of aliphatic hydroxyl groups is 1. The van der Waals surface area contributed by atoms with Crippen LogP contribution < -0.4 is 0 Å². The Morgan fingerprint density at radius 1 is 1.07 bits per heavy atom. The standard InChI is InChI=1S/C8H12O7/c1-3-14-6(11)8(13,5(9)10)7(12)15-4-2/h13H,3-4H2,1-2H3,(H,9,10). The van der Waals surface area contributed by atoms with Gasteiger partial charge in [-0.1, -0.05) is 0 Å². The maximum absolute atomic E-state index is 11.1. The van der Waals surface area contributed by atoms with E-state index in [4.69, 9.17) is 5.11 Å². The topological polar surface area (TPSA) is 110 Å². The van der Waals surface area contributed by atoms with Crippen molar-refractivity contribution in [2.24, 2.45) is 0 Å². The van der Waals surface area contributed by atoms with E-state index in [0.717, 1.165) is 0 Å². The summed E-state index contributed by atoms with van der Waals surface area (Å²) in [4.78, 5) is 32.7. The monoisotopic (exact) mass is 220 g/mol. The molecule has 0 spiro atoms. The van der Waals surface area contributed by atoms with E-state index in [2.05, 4.69) is 9.47 Å². The summed E-state index contributed by atoms with van der Waals surface area (Å²) < 4.78 is 8.53. The lowest BCUT2D eigenvalue weighted by molar-refractivity contribution is -0.192. The Hall–Kier alpha value is -1.63. The average Bonchev–Trinajstić information content (AvgIpc) is 2.16. The first kappa shape index (κ1) is 13.4. The minimum Gasteiger partial charge on any atom is -0.478 e. The van der Waals surface area contributed by atoms with E-state index >= 15 is 0 Å². The molecule has 0 fully saturated rings. The molecule has 15 heavy (non-hydrogen) atoms. The second-order valence-electron chi connectivity index (χ2n) is 2.46. The second kappa shape index (κ2) is 5.30. The summed E-state index contributed by atoms with van der Waals surface area (Å²) in [5.74, 6) is -5.15. The molecule has 0 atom stereocenters. The molecular weight excluding hydrogens is 208 g/mol. The molecule has 0 unspecified atom stereocenters. The summed E-state index contributed by atoms with van der Waals surface area (Å²) in [6.45, 7) is 2.50. The summed E-state index contributed by atoms with van der Waals surface area (Å²) >= 11 is 0. The van der Waals surface area contributed by atoms with Crippen LogP contribution in [0.25, 0.3) is 0 Å². The fraction of sp³-hybridized carbons (Fsp3) is 0.625. The van der Waals surface area contributed by atoms with Crippen LogP contribution in [-0.2, 0) is 23.9 Å². The summed E-state index contributed by atoms with van der Waals surface area (Å²) in [6, 6.07) is 0. The number of rotatable bonds is 5. The maximum atomic E-state index is 11.1. The molecular formula is C8H12O7. The molecule has 0 heterocycles. The van der Waals surface area contributed by atoms with Crippen LogP contribution in [0.15, 0.2) is 0 Å². The predicted molar refractivity (Wildman–Crippen MR) is 45.9 cm³/mol. The SMILES string of the molecule is CCOC(=O)C(O)(C(=O)O)C(=O)OCC. The van der Waals surface area contributed by atoms with Gasteiger partial charge in [-0.2, -0.15) is 0 Å². The molecule has 0 amide bonds. The van der Waals surface area contributed by atoms with Gasteiger partial charge < -0.3 is 19.7 Å². The lowest BCUT2D eigenvalue weighted by Crippen LogP contribution is -2.55. The Kier molecular flexibility index (Phi) is 4.72. The van der Waals surface area contributed by atoms with Crippen molar-refractivity contribution in [3.8, 4) is 0 Å². The van der Waals surface area contributed by atoms with Crippen molar-refractivity contribution in [2.75, 3.05) is 13.2 Å². The van der Waals surface area contributed by atoms with Crippen LogP contribution in [0.3, 0.4) is 0 Å². The fourth-order valence-corrected chi connectivity index (χ4v) is 0.729. The highest BCUT2D eigenvalue weighted by Crippen LogP contribution is 2.10. The van der Waals surface area contributed by atoms with Gasteiger partial charge in [-0.3, -0.25) is 0 Å². The minimum atomic E-state index is -3.29. The van der Waals surface area contributed by atoms with Gasteiger partial charge in [-0.05, 0) is 13.8 Å². The van der Waals surface area contributed by atoms with Crippen molar-refractivity contribution in [3.63, 3.8) is 0 Å². The van der Waals surface area contributed by atoms with Gasteiger partial charge in [0.05, 0.1) is 13.2 Å². The third-order valence-corrected chi connectivity index (χ3v) is 1.45. The molecule has 0 aromatic heterocycles. The van der Waals surface area contributed by atoms with E-state index in [9.17, 15) is 19.5 Å². The Morgan fingerprint density at radius 2 is 1.40 bits per heavy atom. The normalized spacial score (nSPS) is 10.6. The van der Waals surface area contributed by atoms with Crippen molar-refractivity contribution in [2.45, 2.75) is 19.4 Å². The second-order valence-corrected chi connectivity index (χ2v) is 2.46. The molecule has 2 N–H and O–H groups in total. The van der Waals surface area contributed by atoms with Crippen LogP contribution in [0.2, 0.25) is 0 Å². The molecule has 0 aliphatic rings. The van der Waals surface area contributed by atoms with Crippen LogP contribution in [0.4, 0.5) is 0 Å². The first-order valence-corrected chi connectivity index (χ1v) is 4.21. The summed E-state index contributed by atoms with van der Waals surface area (Å²) in [5.41, 5.74) is -3.29. The molecule has 86 valence electrons. The highest BCUT2D eigenvalue weighted by molar-refractivity contribution is 6.21. The highest BCUT2D eigenvalue weighted by atomic mass is 16.6. The van der Waals surface area contributed by atoms with E-state index in [-0.39, 0.29) is 13.2 Å². The minimum absolute atomic E-state index is 0.159. The van der Waals surface area contributed by atoms with Gasteiger partial charge >= 0.3 is 23.5 Å². The van der Waals surface area contributed by atoms with Gasteiger partial charge in [0.25, 0.3) is 0 Å². The third-order valence-electron chi connectivity index (χ3n) is 1.45. The zero-order chi connectivity index (χ0) is 12.1. The third kappa shape index (κ3) is 2.66. The number of carbonyl (C=O) groups is 3. The van der Waals surface area contributed by atoms with E-state index in [1.54, 1.807) is 0 Å². The van der Waals surface area contributed by atoms with Crippen molar-refractivity contribution >= 4 is 17.9 Å². The number of aliphatic carboxylic acids is 1. The Labute approximate surface area is 85.6 Å². The smallest absolute Gasteiger partial charge is 0.362 e. The molecule has 0 aromatic carbocycles. The zero-order valence-electron chi connectivity index (χ0n) is 8.35. The number of esters is 2. The van der Waals surface area contributed by atoms with Crippen molar-refractivity contribution < 1.29 is 34.1 Å². The Bertz CT molecular complexity index is 252. The number of carboxylic acids is 1. The van der Waals surface area contributed by atoms with Crippen molar-refractivity contribution in [1.82, 2.24) is 0 Å². The zero-order valence-corrected chi connectivity index (χ0v) is 8.35. The molecule has 0 bridgehead atoms. The first-order valence-electron chi connectivity index (χ1n) is 4.21. The maximum Gasteiger partial charge on any atom is 0.362 e. The lowest BCUT2D eigenvalue weighted by atomic mass is 10.1. The molecule has 0 rings (SSSR count). The fourth-order valence-electron chi connectivity index (χ4n) is 0.729. The van der Waals surface area contributed by atoms with E-state index < -0.39 is 23.5 Å². The highest BCUT2D eigenvalue weighted by Gasteiger charge is 2.55. The Balaban J connectivity index is 4.97. The van der Waals surface area contributed by atoms with Crippen LogP contribution in [0.5, 0.6) is 0 Å². The molecule has 0 saturated carbocycles. The Morgan fingerprint density at radius 3 is 1.60 bits per heavy atom. The quantitative estimate of drug-likeness (QED) is 0.448. The number of carbonyl (C=O) groups excluding carboxylic acids is 2. The largest absolute Gasteiger partial charge is 0.478 e. The van der Waals surface area contributed by atoms with Gasteiger partial charge in [0, 0.05) is 0 Å². The van der Waals surface area contributed by atoms with Gasteiger partial charge in [-0.15, -0.1) is 0 Å². The molecule has 7 heteroatoms. The first-order chi connectivity index (χ1) is 6.91. The number of carboxylic acid groups (broad SMARTS) is 1. The number of hydrogen-bond acceptors (Lipinski definition) is 6. The predicted octanol–water partition coefficient (Wildman–Crippen LogP) is -1.07. The lowest BCUT2D eigenvalue weighted by Gasteiger charge is -2.18. The van der Waals surface area contributed by atoms with E-state index in [0.29, 0.717) is 0 Å². The molecule has 0 saturated heterocycles. The summed E-state index contributed by atoms with van der Waals surface area (Å²) in [5, 5.41) is 17.9. The molecule has 0 aliphatic heterocycles. The molecule has 0 aliphatic carbocycles. The number of hydrogen-bond donors (Lipinski definition) is 2. The van der Waals surface area contributed by atoms with Crippen LogP contribution in [0, 0.1) is 0 Å².